The minimum Gasteiger partial charge on any atom is -0.336 e. The Balaban J connectivity index is 1.49. The largest absolute Gasteiger partial charge is 0.336 e. The number of halogens is 1. The van der Waals surface area contributed by atoms with Gasteiger partial charge in [-0.15, -0.1) is 0 Å². The van der Waals surface area contributed by atoms with Gasteiger partial charge in [0.15, 0.2) is 0 Å². The molecule has 1 N–H and O–H groups in total. The molecular weight excluding hydrogens is 371 g/mol. The molecule has 27 heavy (non-hydrogen) atoms. The molecule has 1 aliphatic rings. The minimum atomic E-state index is -3.71. The Labute approximate surface area is 155 Å². The van der Waals surface area contributed by atoms with Gasteiger partial charge in [0.25, 0.3) is 5.91 Å². The second kappa shape index (κ2) is 6.75. The van der Waals surface area contributed by atoms with Gasteiger partial charge in [-0.25, -0.2) is 12.8 Å². The van der Waals surface area contributed by atoms with Gasteiger partial charge in [-0.3, -0.25) is 9.89 Å². The normalized spacial score (nSPS) is 16.0. The number of nitrogens with zero attached hydrogens (tertiary/aromatic N) is 3. The van der Waals surface area contributed by atoms with E-state index < -0.39 is 15.8 Å². The molecule has 3 aromatic rings. The molecule has 1 aliphatic heterocycles. The van der Waals surface area contributed by atoms with Crippen LogP contribution in [-0.4, -0.2) is 59.9 Å². The molecule has 0 atom stereocenters. The molecule has 1 fully saturated rings. The second-order valence-electron chi connectivity index (χ2n) is 6.29. The van der Waals surface area contributed by atoms with Crippen LogP contribution in [0.25, 0.3) is 10.9 Å². The predicted molar refractivity (Wildman–Crippen MR) is 97.2 cm³/mol. The number of benzene rings is 2. The molecule has 7 nitrogen and oxygen atoms in total. The summed E-state index contributed by atoms with van der Waals surface area (Å²) in [5.41, 5.74) is 1.18. The molecule has 4 rings (SSSR count). The number of amides is 1. The maximum atomic E-state index is 13.0. The highest BCUT2D eigenvalue weighted by atomic mass is 32.2. The summed E-state index contributed by atoms with van der Waals surface area (Å²) < 4.78 is 39.7. The fourth-order valence-corrected chi connectivity index (χ4v) is 4.63. The summed E-state index contributed by atoms with van der Waals surface area (Å²) in [5.74, 6) is -0.652. The van der Waals surface area contributed by atoms with E-state index in [2.05, 4.69) is 10.2 Å². The molecule has 1 aromatic heterocycles. The maximum Gasteiger partial charge on any atom is 0.256 e. The SMILES string of the molecule is O=C(c1cccc2cn[nH]c12)N1CCN(S(=O)(=O)c2ccc(F)cc2)CC1. The van der Waals surface area contributed by atoms with E-state index in [0.29, 0.717) is 11.1 Å². The van der Waals surface area contributed by atoms with Crippen molar-refractivity contribution in [1.29, 1.82) is 0 Å². The van der Waals surface area contributed by atoms with Gasteiger partial charge in [-0.2, -0.15) is 9.40 Å². The van der Waals surface area contributed by atoms with Crippen LogP contribution < -0.4 is 0 Å². The first-order chi connectivity index (χ1) is 13.0. The van der Waals surface area contributed by atoms with Gasteiger partial charge in [0.05, 0.1) is 22.2 Å². The molecule has 0 bridgehead atoms. The van der Waals surface area contributed by atoms with Crippen molar-refractivity contribution in [2.24, 2.45) is 0 Å². The van der Waals surface area contributed by atoms with Crippen LogP contribution in [-0.2, 0) is 10.0 Å². The highest BCUT2D eigenvalue weighted by Crippen LogP contribution is 2.21. The van der Waals surface area contributed by atoms with Crippen LogP contribution in [0.1, 0.15) is 10.4 Å². The number of hydrogen-bond donors (Lipinski definition) is 1. The molecule has 1 saturated heterocycles. The zero-order valence-corrected chi connectivity index (χ0v) is 15.1. The summed E-state index contributed by atoms with van der Waals surface area (Å²) in [6.45, 7) is 0.933. The average molecular weight is 388 g/mol. The van der Waals surface area contributed by atoms with Crippen molar-refractivity contribution in [2.45, 2.75) is 4.90 Å². The third-order valence-electron chi connectivity index (χ3n) is 4.68. The number of aromatic nitrogens is 2. The Bertz CT molecular complexity index is 1090. The monoisotopic (exact) mass is 388 g/mol. The van der Waals surface area contributed by atoms with E-state index in [4.69, 9.17) is 0 Å². The lowest BCUT2D eigenvalue weighted by Gasteiger charge is -2.34. The maximum absolute atomic E-state index is 13.0. The summed E-state index contributed by atoms with van der Waals surface area (Å²) >= 11 is 0. The molecule has 1 amide bonds. The van der Waals surface area contributed by atoms with Gasteiger partial charge in [0, 0.05) is 31.6 Å². The van der Waals surface area contributed by atoms with Crippen LogP contribution in [0.5, 0.6) is 0 Å². The zero-order chi connectivity index (χ0) is 19.0. The molecule has 0 spiro atoms. The van der Waals surface area contributed by atoms with Gasteiger partial charge in [-0.1, -0.05) is 12.1 Å². The van der Waals surface area contributed by atoms with Crippen molar-refractivity contribution in [1.82, 2.24) is 19.4 Å². The Hall–Kier alpha value is -2.78. The van der Waals surface area contributed by atoms with Crippen LogP contribution in [0.15, 0.2) is 53.6 Å². The van der Waals surface area contributed by atoms with Crippen molar-refractivity contribution in [3.05, 3.63) is 60.0 Å². The number of piperazine rings is 1. The first-order valence-electron chi connectivity index (χ1n) is 8.44. The number of aromatic amines is 1. The number of para-hydroxylation sites is 1. The average Bonchev–Trinajstić information content (AvgIpc) is 3.17. The van der Waals surface area contributed by atoms with E-state index in [-0.39, 0.29) is 37.0 Å². The van der Waals surface area contributed by atoms with Gasteiger partial charge >= 0.3 is 0 Å². The summed E-state index contributed by atoms with van der Waals surface area (Å²) in [6.07, 6.45) is 1.65. The van der Waals surface area contributed by atoms with Gasteiger partial charge in [0.1, 0.15) is 5.82 Å². The summed E-state index contributed by atoms with van der Waals surface area (Å²) in [7, 11) is -3.71. The van der Waals surface area contributed by atoms with Gasteiger partial charge < -0.3 is 4.90 Å². The van der Waals surface area contributed by atoms with E-state index in [0.717, 1.165) is 17.5 Å². The lowest BCUT2D eigenvalue weighted by Crippen LogP contribution is -2.50. The number of sulfonamides is 1. The molecule has 0 radical (unpaired) electrons. The third kappa shape index (κ3) is 3.19. The molecule has 0 aliphatic carbocycles. The molecule has 2 heterocycles. The van der Waals surface area contributed by atoms with Crippen LogP contribution in [0.4, 0.5) is 4.39 Å². The standard InChI is InChI=1S/C18H17FN4O3S/c19-14-4-6-15(7-5-14)27(25,26)23-10-8-22(9-11-23)18(24)16-3-1-2-13-12-20-21-17(13)16/h1-7,12H,8-11H2,(H,20,21). The quantitative estimate of drug-likeness (QED) is 0.742. The molecule has 0 unspecified atom stereocenters. The Morgan fingerprint density at radius 1 is 1.04 bits per heavy atom. The van der Waals surface area contributed by atoms with E-state index in [1.54, 1.807) is 23.2 Å². The van der Waals surface area contributed by atoms with Crippen LogP contribution in [0.2, 0.25) is 0 Å². The lowest BCUT2D eigenvalue weighted by atomic mass is 10.1. The Kier molecular flexibility index (Phi) is 4.40. The van der Waals surface area contributed by atoms with Crippen LogP contribution in [0.3, 0.4) is 0 Å². The number of H-pyrrole nitrogens is 1. The smallest absolute Gasteiger partial charge is 0.256 e. The van der Waals surface area contributed by atoms with Crippen molar-refractivity contribution < 1.29 is 17.6 Å². The summed E-state index contributed by atoms with van der Waals surface area (Å²) in [5, 5.41) is 7.64. The fraction of sp³-hybridized carbons (Fsp3) is 0.222. The Morgan fingerprint density at radius 2 is 1.74 bits per heavy atom. The number of hydrogen-bond acceptors (Lipinski definition) is 4. The van der Waals surface area contributed by atoms with E-state index in [1.807, 2.05) is 6.07 Å². The first-order valence-corrected chi connectivity index (χ1v) is 9.88. The number of carbonyl (C=O) groups is 1. The number of carbonyl (C=O) groups excluding carboxylic acids is 1. The zero-order valence-electron chi connectivity index (χ0n) is 14.3. The van der Waals surface area contributed by atoms with Crippen molar-refractivity contribution >= 4 is 26.8 Å². The Morgan fingerprint density at radius 3 is 2.44 bits per heavy atom. The van der Waals surface area contributed by atoms with E-state index in [1.165, 1.54) is 16.4 Å². The van der Waals surface area contributed by atoms with Gasteiger partial charge in [-0.05, 0) is 30.3 Å². The van der Waals surface area contributed by atoms with Crippen LogP contribution >= 0.6 is 0 Å². The van der Waals surface area contributed by atoms with Crippen LogP contribution in [0, 0.1) is 5.82 Å². The molecule has 9 heteroatoms. The number of fused-ring (bicyclic) bond motifs is 1. The molecule has 0 saturated carbocycles. The van der Waals surface area contributed by atoms with Crippen molar-refractivity contribution in [3.8, 4) is 0 Å². The van der Waals surface area contributed by atoms with Crippen molar-refractivity contribution in [3.63, 3.8) is 0 Å². The van der Waals surface area contributed by atoms with Crippen molar-refractivity contribution in [2.75, 3.05) is 26.2 Å². The van der Waals surface area contributed by atoms with Gasteiger partial charge in [0.2, 0.25) is 10.0 Å². The highest BCUT2D eigenvalue weighted by molar-refractivity contribution is 7.89. The molecule has 2 aromatic carbocycles. The minimum absolute atomic E-state index is 0.0471. The summed E-state index contributed by atoms with van der Waals surface area (Å²) in [6, 6.07) is 10.1. The fourth-order valence-electron chi connectivity index (χ4n) is 3.20. The third-order valence-corrected chi connectivity index (χ3v) is 6.60. The predicted octanol–water partition coefficient (Wildman–Crippen LogP) is 1.85. The number of nitrogens with one attached hydrogen (secondary N) is 1. The second-order valence-corrected chi connectivity index (χ2v) is 8.23. The van der Waals surface area contributed by atoms with E-state index in [9.17, 15) is 17.6 Å². The van der Waals surface area contributed by atoms with E-state index >= 15 is 0 Å². The highest BCUT2D eigenvalue weighted by Gasteiger charge is 2.31. The first kappa shape index (κ1) is 17.6. The topological polar surface area (TPSA) is 86.4 Å². The number of rotatable bonds is 3. The molecular formula is C18H17FN4O3S. The molecule has 140 valence electrons. The lowest BCUT2D eigenvalue weighted by molar-refractivity contribution is 0.0699. The summed E-state index contributed by atoms with van der Waals surface area (Å²) in [4.78, 5) is 14.5.